The lowest BCUT2D eigenvalue weighted by atomic mass is 10.1. The number of hydrogen-bond donors (Lipinski definition) is 0. The second kappa shape index (κ2) is 15.7. The maximum Gasteiger partial charge on any atom is 0.305 e. The summed E-state index contributed by atoms with van der Waals surface area (Å²) in [6.45, 7) is 2.77. The van der Waals surface area contributed by atoms with Crippen molar-refractivity contribution in [2.45, 2.75) is 109 Å². The highest BCUT2D eigenvalue weighted by Gasteiger charge is 2.15. The number of hydrogen-bond acceptors (Lipinski definition) is 6. The summed E-state index contributed by atoms with van der Waals surface area (Å²) in [6, 6.07) is 0. The molecular weight excluding hydrogens is 372 g/mol. The van der Waals surface area contributed by atoms with Gasteiger partial charge in [0.1, 0.15) is 0 Å². The molecule has 29 heavy (non-hydrogen) atoms. The summed E-state index contributed by atoms with van der Waals surface area (Å²) in [5.74, 6) is -0.187. The fraction of sp³-hybridized carbons (Fsp3) is 0.913. The molecule has 0 spiro atoms. The molecule has 0 N–H and O–H groups in total. The third kappa shape index (κ3) is 12.2. The molecule has 2 unspecified atom stereocenters. The molecule has 0 radical (unpaired) electrons. The van der Waals surface area contributed by atoms with E-state index in [1.165, 1.54) is 0 Å². The second-order valence-corrected chi connectivity index (χ2v) is 8.26. The van der Waals surface area contributed by atoms with E-state index < -0.39 is 0 Å². The van der Waals surface area contributed by atoms with E-state index in [1.54, 1.807) is 0 Å². The molecule has 2 rings (SSSR count). The number of esters is 2. The van der Waals surface area contributed by atoms with E-state index in [0.29, 0.717) is 38.3 Å². The van der Waals surface area contributed by atoms with E-state index >= 15 is 0 Å². The molecule has 0 aliphatic carbocycles. The topological polar surface area (TPSA) is 71.1 Å². The van der Waals surface area contributed by atoms with Crippen LogP contribution in [0.3, 0.4) is 0 Å². The average molecular weight is 413 g/mol. The number of carbonyl (C=O) groups excluding carboxylic acids is 2. The number of rotatable bonds is 16. The Morgan fingerprint density at radius 3 is 1.52 bits per heavy atom. The van der Waals surface area contributed by atoms with Crippen LogP contribution in [0.5, 0.6) is 0 Å². The van der Waals surface area contributed by atoms with Gasteiger partial charge in [0, 0.05) is 26.1 Å². The lowest BCUT2D eigenvalue weighted by Gasteiger charge is -2.09. The quantitative estimate of drug-likeness (QED) is 0.270. The SMILES string of the molecule is O=C(CCCCCCCC(=O)OCCCC1CCCO1)OCCCC1CCCO1. The van der Waals surface area contributed by atoms with Crippen molar-refractivity contribution in [3.05, 3.63) is 0 Å². The van der Waals surface area contributed by atoms with Crippen LogP contribution in [0.4, 0.5) is 0 Å². The highest BCUT2D eigenvalue weighted by molar-refractivity contribution is 5.69. The molecule has 2 heterocycles. The third-order valence-corrected chi connectivity index (χ3v) is 5.68. The lowest BCUT2D eigenvalue weighted by molar-refractivity contribution is -0.144. The minimum absolute atomic E-state index is 0.0936. The molecule has 168 valence electrons. The molecule has 2 aliphatic rings. The van der Waals surface area contributed by atoms with E-state index in [1.807, 2.05) is 0 Å². The third-order valence-electron chi connectivity index (χ3n) is 5.68. The summed E-state index contributed by atoms with van der Waals surface area (Å²) >= 11 is 0. The summed E-state index contributed by atoms with van der Waals surface area (Å²) < 4.78 is 21.7. The molecule has 2 aliphatic heterocycles. The summed E-state index contributed by atoms with van der Waals surface area (Å²) in [5.41, 5.74) is 0. The summed E-state index contributed by atoms with van der Waals surface area (Å²) in [6.07, 6.45) is 14.8. The lowest BCUT2D eigenvalue weighted by Crippen LogP contribution is -2.10. The van der Waals surface area contributed by atoms with Crippen LogP contribution in [0.15, 0.2) is 0 Å². The molecule has 0 amide bonds. The molecule has 0 aromatic heterocycles. The smallest absolute Gasteiger partial charge is 0.305 e. The van der Waals surface area contributed by atoms with Gasteiger partial charge >= 0.3 is 11.9 Å². The van der Waals surface area contributed by atoms with Crippen molar-refractivity contribution < 1.29 is 28.5 Å². The first-order valence-corrected chi connectivity index (χ1v) is 11.8. The van der Waals surface area contributed by atoms with Crippen LogP contribution < -0.4 is 0 Å². The highest BCUT2D eigenvalue weighted by atomic mass is 16.5. The fourth-order valence-electron chi connectivity index (χ4n) is 3.95. The van der Waals surface area contributed by atoms with Gasteiger partial charge in [-0.3, -0.25) is 9.59 Å². The maximum atomic E-state index is 11.7. The fourth-order valence-corrected chi connectivity index (χ4v) is 3.95. The van der Waals surface area contributed by atoms with Crippen molar-refractivity contribution in [1.29, 1.82) is 0 Å². The molecule has 2 fully saturated rings. The van der Waals surface area contributed by atoms with E-state index in [0.717, 1.165) is 96.7 Å². The zero-order valence-electron chi connectivity index (χ0n) is 18.0. The van der Waals surface area contributed by atoms with Crippen molar-refractivity contribution in [3.8, 4) is 0 Å². The van der Waals surface area contributed by atoms with Crippen LogP contribution in [0.2, 0.25) is 0 Å². The van der Waals surface area contributed by atoms with Crippen LogP contribution in [0.25, 0.3) is 0 Å². The van der Waals surface area contributed by atoms with Gasteiger partial charge in [-0.2, -0.15) is 0 Å². The van der Waals surface area contributed by atoms with E-state index in [9.17, 15) is 9.59 Å². The molecule has 0 bridgehead atoms. The van der Waals surface area contributed by atoms with Crippen molar-refractivity contribution in [2.24, 2.45) is 0 Å². The van der Waals surface area contributed by atoms with Crippen molar-refractivity contribution in [3.63, 3.8) is 0 Å². The predicted octanol–water partition coefficient (Wildman–Crippen LogP) is 4.72. The van der Waals surface area contributed by atoms with E-state index in [-0.39, 0.29) is 11.9 Å². The zero-order chi connectivity index (χ0) is 20.6. The zero-order valence-corrected chi connectivity index (χ0v) is 18.0. The van der Waals surface area contributed by atoms with Crippen LogP contribution in [-0.4, -0.2) is 50.6 Å². The van der Waals surface area contributed by atoms with Gasteiger partial charge < -0.3 is 18.9 Å². The Bertz CT molecular complexity index is 401. The predicted molar refractivity (Wildman–Crippen MR) is 111 cm³/mol. The Morgan fingerprint density at radius 1 is 0.655 bits per heavy atom. The first-order chi connectivity index (χ1) is 14.2. The number of unbranched alkanes of at least 4 members (excludes halogenated alkanes) is 4. The Kier molecular flexibility index (Phi) is 13.0. The molecule has 0 aromatic rings. The van der Waals surface area contributed by atoms with Gasteiger partial charge in [0.25, 0.3) is 0 Å². The van der Waals surface area contributed by atoms with Gasteiger partial charge in [-0.1, -0.05) is 19.3 Å². The molecule has 0 aromatic carbocycles. The largest absolute Gasteiger partial charge is 0.466 e. The monoisotopic (exact) mass is 412 g/mol. The molecule has 2 atom stereocenters. The normalized spacial score (nSPS) is 21.4. The van der Waals surface area contributed by atoms with Gasteiger partial charge in [0.2, 0.25) is 0 Å². The van der Waals surface area contributed by atoms with Crippen LogP contribution >= 0.6 is 0 Å². The second-order valence-electron chi connectivity index (χ2n) is 8.26. The summed E-state index contributed by atoms with van der Waals surface area (Å²) in [5, 5.41) is 0. The molecule has 2 saturated heterocycles. The molecule has 0 saturated carbocycles. The number of ether oxygens (including phenoxy) is 4. The first-order valence-electron chi connectivity index (χ1n) is 11.8. The van der Waals surface area contributed by atoms with Gasteiger partial charge in [-0.05, 0) is 64.2 Å². The Balaban J connectivity index is 1.29. The Morgan fingerprint density at radius 2 is 1.10 bits per heavy atom. The van der Waals surface area contributed by atoms with Gasteiger partial charge in [-0.15, -0.1) is 0 Å². The minimum atomic E-state index is -0.0936. The molecule has 6 heteroatoms. The first kappa shape index (κ1) is 24.1. The molecular formula is C23H40O6. The highest BCUT2D eigenvalue weighted by Crippen LogP contribution is 2.17. The summed E-state index contributed by atoms with van der Waals surface area (Å²) in [7, 11) is 0. The van der Waals surface area contributed by atoms with Crippen molar-refractivity contribution in [2.75, 3.05) is 26.4 Å². The Labute approximate surface area is 176 Å². The minimum Gasteiger partial charge on any atom is -0.466 e. The van der Waals surface area contributed by atoms with Gasteiger partial charge in [0.15, 0.2) is 0 Å². The van der Waals surface area contributed by atoms with Crippen molar-refractivity contribution >= 4 is 11.9 Å². The standard InChI is InChI=1S/C23H40O6/c24-22(28-18-8-12-20-10-6-16-26-20)14-4-2-1-3-5-15-23(25)29-19-9-13-21-11-7-17-27-21/h20-21H,1-19H2. The van der Waals surface area contributed by atoms with Gasteiger partial charge in [-0.25, -0.2) is 0 Å². The van der Waals surface area contributed by atoms with E-state index in [2.05, 4.69) is 0 Å². The van der Waals surface area contributed by atoms with Crippen LogP contribution in [0.1, 0.15) is 96.3 Å². The van der Waals surface area contributed by atoms with Crippen LogP contribution in [0, 0.1) is 0 Å². The van der Waals surface area contributed by atoms with Crippen LogP contribution in [-0.2, 0) is 28.5 Å². The Hall–Kier alpha value is -1.14. The van der Waals surface area contributed by atoms with Crippen molar-refractivity contribution in [1.82, 2.24) is 0 Å². The van der Waals surface area contributed by atoms with E-state index in [4.69, 9.17) is 18.9 Å². The molecule has 6 nitrogen and oxygen atoms in total. The average Bonchev–Trinajstić information content (AvgIpc) is 3.42. The number of carbonyl (C=O) groups is 2. The van der Waals surface area contributed by atoms with Gasteiger partial charge in [0.05, 0.1) is 25.4 Å². The summed E-state index contributed by atoms with van der Waals surface area (Å²) in [4.78, 5) is 23.4. The maximum absolute atomic E-state index is 11.7.